The molecule has 0 aromatic heterocycles. The van der Waals surface area contributed by atoms with Crippen molar-refractivity contribution in [2.45, 2.75) is 25.3 Å². The molecule has 2 unspecified atom stereocenters. The summed E-state index contributed by atoms with van der Waals surface area (Å²) in [6, 6.07) is 0.117. The van der Waals surface area contributed by atoms with E-state index in [0.29, 0.717) is 17.7 Å². The molecule has 2 N–H and O–H groups in total. The van der Waals surface area contributed by atoms with E-state index in [4.69, 9.17) is 0 Å². The van der Waals surface area contributed by atoms with E-state index in [1.54, 1.807) is 0 Å². The Morgan fingerprint density at radius 2 is 1.94 bits per heavy atom. The maximum Gasteiger partial charge on any atom is 0.239 e. The molecule has 3 rings (SSSR count). The first-order valence-electron chi connectivity index (χ1n) is 6.56. The van der Waals surface area contributed by atoms with Gasteiger partial charge in [0.2, 0.25) is 5.91 Å². The number of likely N-dealkylation sites (tertiary alicyclic amines) is 1. The van der Waals surface area contributed by atoms with Gasteiger partial charge in [0, 0.05) is 13.1 Å². The van der Waals surface area contributed by atoms with E-state index in [0.717, 1.165) is 45.6 Å². The summed E-state index contributed by atoms with van der Waals surface area (Å²) in [6.45, 7) is 5.15. The van der Waals surface area contributed by atoms with Crippen molar-refractivity contribution in [1.29, 1.82) is 0 Å². The molecule has 0 saturated carbocycles. The summed E-state index contributed by atoms with van der Waals surface area (Å²) in [6.07, 6.45) is 3.50. The van der Waals surface area contributed by atoms with Crippen LogP contribution < -0.4 is 10.6 Å². The van der Waals surface area contributed by atoms with E-state index in [2.05, 4.69) is 15.5 Å². The van der Waals surface area contributed by atoms with Gasteiger partial charge in [-0.15, -0.1) is 0 Å². The van der Waals surface area contributed by atoms with E-state index in [1.807, 2.05) is 0 Å². The van der Waals surface area contributed by atoms with Gasteiger partial charge in [-0.3, -0.25) is 4.79 Å². The summed E-state index contributed by atoms with van der Waals surface area (Å²) in [7, 11) is 0. The Bertz CT molecular complexity index is 263. The molecule has 0 spiro atoms. The molecule has 3 atom stereocenters. The number of piperidine rings is 2. The third-order valence-corrected chi connectivity index (χ3v) is 4.16. The van der Waals surface area contributed by atoms with Crippen molar-refractivity contribution in [3.63, 3.8) is 0 Å². The standard InChI is InChI=1S/C12H21N3O/c16-12(11-2-1-3-14-11)15-7-9-4-10(8-15)6-13-5-9/h9-11,13-14H,1-8H2/t9?,10?,11-/m0/s1. The fourth-order valence-electron chi connectivity index (χ4n) is 3.40. The summed E-state index contributed by atoms with van der Waals surface area (Å²) in [5, 5.41) is 6.77. The second kappa shape index (κ2) is 4.34. The summed E-state index contributed by atoms with van der Waals surface area (Å²) in [5.74, 6) is 1.74. The molecule has 0 radical (unpaired) electrons. The summed E-state index contributed by atoms with van der Waals surface area (Å²) >= 11 is 0. The van der Waals surface area contributed by atoms with Crippen molar-refractivity contribution in [2.75, 3.05) is 32.7 Å². The topological polar surface area (TPSA) is 44.4 Å². The highest BCUT2D eigenvalue weighted by Gasteiger charge is 2.35. The van der Waals surface area contributed by atoms with Crippen LogP contribution in [0.4, 0.5) is 0 Å². The smallest absolute Gasteiger partial charge is 0.239 e. The first-order valence-corrected chi connectivity index (χ1v) is 6.56. The Morgan fingerprint density at radius 1 is 1.19 bits per heavy atom. The zero-order valence-electron chi connectivity index (χ0n) is 9.74. The first kappa shape index (κ1) is 10.5. The fraction of sp³-hybridized carbons (Fsp3) is 0.917. The SMILES string of the molecule is O=C([C@@H]1CCCN1)N1CC2CNCC(C2)C1. The van der Waals surface area contributed by atoms with Gasteiger partial charge in [0.15, 0.2) is 0 Å². The number of hydrogen-bond donors (Lipinski definition) is 2. The molecule has 4 nitrogen and oxygen atoms in total. The van der Waals surface area contributed by atoms with Crippen molar-refractivity contribution in [1.82, 2.24) is 15.5 Å². The van der Waals surface area contributed by atoms with Gasteiger partial charge in [0.25, 0.3) is 0 Å². The van der Waals surface area contributed by atoms with E-state index in [1.165, 1.54) is 6.42 Å². The molecule has 0 aromatic carbocycles. The summed E-state index contributed by atoms with van der Waals surface area (Å²) in [4.78, 5) is 14.4. The van der Waals surface area contributed by atoms with Crippen LogP contribution in [0.5, 0.6) is 0 Å². The fourth-order valence-corrected chi connectivity index (χ4v) is 3.40. The van der Waals surface area contributed by atoms with Crippen LogP contribution in [0.15, 0.2) is 0 Å². The minimum absolute atomic E-state index is 0.117. The highest BCUT2D eigenvalue weighted by molar-refractivity contribution is 5.82. The van der Waals surface area contributed by atoms with Crippen LogP contribution in [0.3, 0.4) is 0 Å². The molecule has 4 heteroatoms. The van der Waals surface area contributed by atoms with Crippen molar-refractivity contribution >= 4 is 5.91 Å². The van der Waals surface area contributed by atoms with Crippen LogP contribution >= 0.6 is 0 Å². The van der Waals surface area contributed by atoms with Crippen molar-refractivity contribution in [3.05, 3.63) is 0 Å². The van der Waals surface area contributed by atoms with E-state index >= 15 is 0 Å². The van der Waals surface area contributed by atoms with Gasteiger partial charge in [0.1, 0.15) is 0 Å². The summed E-state index contributed by atoms with van der Waals surface area (Å²) in [5.41, 5.74) is 0. The molecular weight excluding hydrogens is 202 g/mol. The number of amides is 1. The first-order chi connectivity index (χ1) is 7.83. The lowest BCUT2D eigenvalue weighted by Crippen LogP contribution is -2.55. The lowest BCUT2D eigenvalue weighted by Gasteiger charge is -2.42. The number of rotatable bonds is 1. The maximum atomic E-state index is 12.3. The Balaban J connectivity index is 1.63. The van der Waals surface area contributed by atoms with E-state index < -0.39 is 0 Å². The van der Waals surface area contributed by atoms with Gasteiger partial charge in [0.05, 0.1) is 6.04 Å². The van der Waals surface area contributed by atoms with E-state index in [9.17, 15) is 4.79 Å². The zero-order chi connectivity index (χ0) is 11.0. The number of hydrogen-bond acceptors (Lipinski definition) is 3. The lowest BCUT2D eigenvalue weighted by atomic mass is 9.85. The number of carbonyl (C=O) groups is 1. The molecule has 0 aromatic rings. The van der Waals surface area contributed by atoms with Gasteiger partial charge in [-0.25, -0.2) is 0 Å². The average Bonchev–Trinajstić information content (AvgIpc) is 2.81. The van der Waals surface area contributed by atoms with Crippen LogP contribution in [0, 0.1) is 11.8 Å². The lowest BCUT2D eigenvalue weighted by molar-refractivity contribution is -0.136. The van der Waals surface area contributed by atoms with Crippen LogP contribution in [-0.4, -0.2) is 49.6 Å². The second-order valence-electron chi connectivity index (χ2n) is 5.52. The summed E-state index contributed by atoms with van der Waals surface area (Å²) < 4.78 is 0. The quantitative estimate of drug-likeness (QED) is 0.647. The molecule has 3 aliphatic heterocycles. The van der Waals surface area contributed by atoms with Crippen LogP contribution in [-0.2, 0) is 4.79 Å². The molecule has 3 saturated heterocycles. The zero-order valence-corrected chi connectivity index (χ0v) is 9.74. The second-order valence-corrected chi connectivity index (χ2v) is 5.52. The monoisotopic (exact) mass is 223 g/mol. The minimum Gasteiger partial charge on any atom is -0.341 e. The molecule has 3 fully saturated rings. The molecule has 0 aliphatic carbocycles. The normalized spacial score (nSPS) is 38.8. The Labute approximate surface area is 96.8 Å². The molecule has 1 amide bonds. The van der Waals surface area contributed by atoms with Crippen molar-refractivity contribution in [2.24, 2.45) is 11.8 Å². The number of carbonyl (C=O) groups excluding carboxylic acids is 1. The van der Waals surface area contributed by atoms with Gasteiger partial charge < -0.3 is 15.5 Å². The molecule has 3 heterocycles. The number of nitrogens with zero attached hydrogens (tertiary/aromatic N) is 1. The van der Waals surface area contributed by atoms with Crippen LogP contribution in [0.1, 0.15) is 19.3 Å². The van der Waals surface area contributed by atoms with Crippen LogP contribution in [0.25, 0.3) is 0 Å². The predicted octanol–water partition coefficient (Wildman–Crippen LogP) is -0.194. The Hall–Kier alpha value is -0.610. The highest BCUT2D eigenvalue weighted by Crippen LogP contribution is 2.25. The molecule has 2 bridgehead atoms. The largest absolute Gasteiger partial charge is 0.341 e. The Morgan fingerprint density at radius 3 is 2.56 bits per heavy atom. The van der Waals surface area contributed by atoms with Gasteiger partial charge in [-0.05, 0) is 50.7 Å². The van der Waals surface area contributed by atoms with Crippen molar-refractivity contribution < 1.29 is 4.79 Å². The predicted molar refractivity (Wildman–Crippen MR) is 62.1 cm³/mol. The van der Waals surface area contributed by atoms with E-state index in [-0.39, 0.29) is 6.04 Å². The third-order valence-electron chi connectivity index (χ3n) is 4.16. The number of fused-ring (bicyclic) bond motifs is 2. The highest BCUT2D eigenvalue weighted by atomic mass is 16.2. The van der Waals surface area contributed by atoms with Crippen LogP contribution in [0.2, 0.25) is 0 Å². The molecule has 90 valence electrons. The number of nitrogens with one attached hydrogen (secondary N) is 2. The van der Waals surface area contributed by atoms with Gasteiger partial charge in [-0.2, -0.15) is 0 Å². The maximum absolute atomic E-state index is 12.3. The molecular formula is C12H21N3O. The third kappa shape index (κ3) is 1.96. The minimum atomic E-state index is 0.117. The average molecular weight is 223 g/mol. The molecule has 16 heavy (non-hydrogen) atoms. The van der Waals surface area contributed by atoms with Crippen molar-refractivity contribution in [3.8, 4) is 0 Å². The Kier molecular flexibility index (Phi) is 2.86. The molecule has 3 aliphatic rings. The van der Waals surface area contributed by atoms with Gasteiger partial charge >= 0.3 is 0 Å². The van der Waals surface area contributed by atoms with Gasteiger partial charge in [-0.1, -0.05) is 0 Å².